The van der Waals surface area contributed by atoms with E-state index >= 15 is 0 Å². The van der Waals surface area contributed by atoms with Gasteiger partial charge in [0.1, 0.15) is 11.2 Å². The maximum atomic E-state index is 13.3. The molecule has 0 amide bonds. The summed E-state index contributed by atoms with van der Waals surface area (Å²) in [4.78, 5) is 29.9. The van der Waals surface area contributed by atoms with Crippen LogP contribution >= 0.6 is 0 Å². The molecule has 0 spiro atoms. The summed E-state index contributed by atoms with van der Waals surface area (Å²) in [5.74, 6) is -0.551. The monoisotopic (exact) mass is 586 g/mol. The maximum absolute atomic E-state index is 13.3. The Bertz CT molecular complexity index is 1770. The van der Waals surface area contributed by atoms with Gasteiger partial charge in [-0.25, -0.2) is 19.7 Å². The minimum absolute atomic E-state index is 0.0127. The van der Waals surface area contributed by atoms with Gasteiger partial charge in [-0.15, -0.1) is 0 Å². The summed E-state index contributed by atoms with van der Waals surface area (Å²) < 4.78 is 41.6. The number of carboxylic acids is 1. The number of imidazole rings is 1. The molecule has 3 heterocycles. The number of alkyl halides is 3. The Morgan fingerprint density at radius 2 is 1.74 bits per heavy atom. The van der Waals surface area contributed by atoms with E-state index in [1.54, 1.807) is 10.8 Å². The van der Waals surface area contributed by atoms with E-state index in [0.29, 0.717) is 40.8 Å². The largest absolute Gasteiger partial charge is 0.475 e. The van der Waals surface area contributed by atoms with Gasteiger partial charge in [0.2, 0.25) is 5.82 Å². The minimum atomic E-state index is -4.45. The van der Waals surface area contributed by atoms with Gasteiger partial charge in [0.15, 0.2) is 17.3 Å². The van der Waals surface area contributed by atoms with Crippen molar-refractivity contribution >= 4 is 23.0 Å². The molecule has 3 aromatic heterocycles. The molecule has 1 atom stereocenters. The number of hydrogen-bond donors (Lipinski definition) is 2. The number of carbonyl (C=O) groups is 1. The average molecular weight is 587 g/mol. The van der Waals surface area contributed by atoms with E-state index in [4.69, 9.17) is 4.98 Å². The van der Waals surface area contributed by atoms with Crippen LogP contribution in [-0.4, -0.2) is 41.6 Å². The Morgan fingerprint density at radius 3 is 2.40 bits per heavy atom. The molecule has 11 heteroatoms. The lowest BCUT2D eigenvalue weighted by Gasteiger charge is -2.32. The van der Waals surface area contributed by atoms with Gasteiger partial charge < -0.3 is 15.0 Å². The van der Waals surface area contributed by atoms with Crippen LogP contribution in [0.1, 0.15) is 59.1 Å². The molecule has 8 nitrogen and oxygen atoms in total. The number of pyridine rings is 1. The highest BCUT2D eigenvalue weighted by atomic mass is 19.4. The van der Waals surface area contributed by atoms with Crippen LogP contribution < -0.4 is 5.32 Å². The molecule has 43 heavy (non-hydrogen) atoms. The summed E-state index contributed by atoms with van der Waals surface area (Å²) in [5.41, 5.74) is 3.09. The molecule has 2 N–H and O–H groups in total. The summed E-state index contributed by atoms with van der Waals surface area (Å²) in [6.07, 6.45) is 1.14. The second-order valence-corrected chi connectivity index (χ2v) is 10.9. The van der Waals surface area contributed by atoms with E-state index in [-0.39, 0.29) is 18.2 Å². The molecule has 1 saturated carbocycles. The molecular weight excluding hydrogens is 557 g/mol. The number of halogens is 3. The van der Waals surface area contributed by atoms with Crippen molar-refractivity contribution in [3.05, 3.63) is 101 Å². The average Bonchev–Trinajstić information content (AvgIpc) is 3.31. The van der Waals surface area contributed by atoms with Crippen LogP contribution in [0.15, 0.2) is 72.9 Å². The highest BCUT2D eigenvalue weighted by Gasteiger charge is 2.31. The van der Waals surface area contributed by atoms with Crippen LogP contribution in [0, 0.1) is 5.92 Å². The van der Waals surface area contributed by atoms with E-state index in [1.807, 2.05) is 49.4 Å². The van der Waals surface area contributed by atoms with Crippen LogP contribution in [0.4, 0.5) is 19.0 Å². The molecular formula is C32H29F3N6O2. The number of anilines is 1. The van der Waals surface area contributed by atoms with Crippen molar-refractivity contribution in [3.8, 4) is 11.5 Å². The lowest BCUT2D eigenvalue weighted by atomic mass is 9.80. The van der Waals surface area contributed by atoms with Crippen molar-refractivity contribution in [2.45, 2.75) is 51.4 Å². The second kappa shape index (κ2) is 11.5. The van der Waals surface area contributed by atoms with E-state index in [9.17, 15) is 23.1 Å². The molecule has 0 radical (unpaired) electrons. The predicted molar refractivity (Wildman–Crippen MR) is 156 cm³/mol. The number of aromatic carboxylic acids is 1. The van der Waals surface area contributed by atoms with Crippen molar-refractivity contribution in [2.24, 2.45) is 5.92 Å². The van der Waals surface area contributed by atoms with Crippen molar-refractivity contribution in [3.63, 3.8) is 0 Å². The number of rotatable bonds is 9. The third kappa shape index (κ3) is 6.06. The van der Waals surface area contributed by atoms with Crippen molar-refractivity contribution in [2.75, 3.05) is 5.32 Å². The fourth-order valence-corrected chi connectivity index (χ4v) is 5.37. The van der Waals surface area contributed by atoms with Crippen molar-refractivity contribution in [1.82, 2.24) is 24.5 Å². The van der Waals surface area contributed by atoms with E-state index in [1.165, 1.54) is 12.1 Å². The zero-order valence-electron chi connectivity index (χ0n) is 23.3. The Morgan fingerprint density at radius 1 is 1.00 bits per heavy atom. The normalized spacial score (nSPS) is 14.4. The Balaban J connectivity index is 1.49. The number of benzene rings is 2. The van der Waals surface area contributed by atoms with Gasteiger partial charge in [-0.2, -0.15) is 13.2 Å². The molecule has 6 rings (SSSR count). The lowest BCUT2D eigenvalue weighted by Crippen LogP contribution is -2.31. The van der Waals surface area contributed by atoms with Crippen LogP contribution in [0.2, 0.25) is 0 Å². The van der Waals surface area contributed by atoms with Crippen LogP contribution in [0.3, 0.4) is 0 Å². The third-order valence-electron chi connectivity index (χ3n) is 7.94. The van der Waals surface area contributed by atoms with Crippen molar-refractivity contribution < 1.29 is 23.1 Å². The molecule has 0 saturated heterocycles. The molecule has 0 unspecified atom stereocenters. The van der Waals surface area contributed by atoms with Crippen LogP contribution in [-0.2, 0) is 19.1 Å². The predicted octanol–water partition coefficient (Wildman–Crippen LogP) is 6.84. The number of fused-ring (bicyclic) bond motifs is 1. The number of aromatic nitrogens is 5. The number of nitrogens with one attached hydrogen (secondary N) is 1. The SMILES string of the molecule is C[C@@H](Nc1nc(C(=O)O)nc2nc(-c3cc(Cc4ccccc4)ccn3)n(Cc3ccc(C(F)(F)F)cc3)c12)C1CCC1. The van der Waals surface area contributed by atoms with Gasteiger partial charge in [-0.1, -0.05) is 48.9 Å². The van der Waals surface area contributed by atoms with Gasteiger partial charge in [0.05, 0.1) is 5.56 Å². The Hall–Kier alpha value is -4.80. The van der Waals surface area contributed by atoms with Crippen LogP contribution in [0.25, 0.3) is 22.7 Å². The second-order valence-electron chi connectivity index (χ2n) is 10.9. The smallest absolute Gasteiger partial charge is 0.416 e. The molecule has 220 valence electrons. The fraction of sp³-hybridized carbons (Fsp3) is 0.281. The first-order valence-electron chi connectivity index (χ1n) is 14.1. The zero-order valence-corrected chi connectivity index (χ0v) is 23.3. The van der Waals surface area contributed by atoms with E-state index in [0.717, 1.165) is 42.5 Å². The highest BCUT2D eigenvalue weighted by molar-refractivity contribution is 5.92. The van der Waals surface area contributed by atoms with Gasteiger partial charge in [0, 0.05) is 18.8 Å². The molecule has 0 bridgehead atoms. The molecule has 1 aliphatic carbocycles. The summed E-state index contributed by atoms with van der Waals surface area (Å²) in [6, 6.07) is 18.7. The molecule has 5 aromatic rings. The lowest BCUT2D eigenvalue weighted by molar-refractivity contribution is -0.137. The van der Waals surface area contributed by atoms with Crippen molar-refractivity contribution in [1.29, 1.82) is 0 Å². The number of carboxylic acid groups (broad SMARTS) is 1. The first-order valence-corrected chi connectivity index (χ1v) is 14.1. The maximum Gasteiger partial charge on any atom is 0.416 e. The summed E-state index contributed by atoms with van der Waals surface area (Å²) >= 11 is 0. The number of nitrogens with zero attached hydrogens (tertiary/aromatic N) is 5. The topological polar surface area (TPSA) is 106 Å². The van der Waals surface area contributed by atoms with E-state index < -0.39 is 23.5 Å². The minimum Gasteiger partial charge on any atom is -0.475 e. The Kier molecular flexibility index (Phi) is 7.55. The highest BCUT2D eigenvalue weighted by Crippen LogP contribution is 2.34. The van der Waals surface area contributed by atoms with Gasteiger partial charge >= 0.3 is 12.1 Å². The van der Waals surface area contributed by atoms with Crippen LogP contribution in [0.5, 0.6) is 0 Å². The molecule has 0 aliphatic heterocycles. The summed E-state index contributed by atoms with van der Waals surface area (Å²) in [6.45, 7) is 2.17. The molecule has 1 aliphatic rings. The third-order valence-corrected chi connectivity index (χ3v) is 7.94. The van der Waals surface area contributed by atoms with Gasteiger partial charge in [0.25, 0.3) is 0 Å². The standard InChI is InChI=1S/C32H29F3N6O2/c1-19(23-8-5-9-23)37-27-26-28(39-29(38-27)31(42)43)40-30(41(26)18-21-10-12-24(13-11-21)32(33,34)35)25-17-22(14-15-36-25)16-20-6-3-2-4-7-20/h2-4,6-7,10-15,17,19,23H,5,8-9,16,18H2,1H3,(H,42,43)(H,37,38,39)/t19-/m1/s1. The first-order chi connectivity index (χ1) is 20.7. The zero-order chi connectivity index (χ0) is 30.1. The van der Waals surface area contributed by atoms with E-state index in [2.05, 4.69) is 20.3 Å². The number of hydrogen-bond acceptors (Lipinski definition) is 6. The van der Waals surface area contributed by atoms with Gasteiger partial charge in [-0.05, 0) is 73.1 Å². The summed E-state index contributed by atoms with van der Waals surface area (Å²) in [5, 5.41) is 13.2. The quantitative estimate of drug-likeness (QED) is 0.195. The summed E-state index contributed by atoms with van der Waals surface area (Å²) in [7, 11) is 0. The fourth-order valence-electron chi connectivity index (χ4n) is 5.37. The Labute approximate surface area is 245 Å². The molecule has 2 aromatic carbocycles. The first kappa shape index (κ1) is 28.3. The van der Waals surface area contributed by atoms with Gasteiger partial charge in [-0.3, -0.25) is 4.98 Å². The molecule has 1 fully saturated rings.